The maximum atomic E-state index is 6.61. The lowest BCUT2D eigenvalue weighted by Gasteiger charge is -2.35. The third-order valence-electron chi connectivity index (χ3n) is 12.7. The first kappa shape index (κ1) is 35.0. The first-order valence-electron chi connectivity index (χ1n) is 21.0. The zero-order valence-corrected chi connectivity index (χ0v) is 33.4. The molecule has 0 saturated heterocycles. The van der Waals surface area contributed by atoms with Crippen molar-refractivity contribution >= 4 is 49.8 Å². The van der Waals surface area contributed by atoms with Crippen molar-refractivity contribution in [2.75, 3.05) is 4.90 Å². The van der Waals surface area contributed by atoms with Crippen LogP contribution in [0.15, 0.2) is 241 Å². The van der Waals surface area contributed by atoms with Gasteiger partial charge in [-0.3, -0.25) is 0 Å². The lowest BCUT2D eigenvalue weighted by Crippen LogP contribution is -2.28. The molecule has 12 rings (SSSR count). The number of para-hydroxylation sites is 1. The molecule has 61 heavy (non-hydrogen) atoms. The topological polar surface area (TPSA) is 16.4 Å². The van der Waals surface area contributed by atoms with E-state index in [1.807, 2.05) is 6.07 Å². The highest BCUT2D eigenvalue weighted by atomic mass is 16.3. The number of rotatable bonds is 7. The summed E-state index contributed by atoms with van der Waals surface area (Å²) in [5.74, 6) is 0. The van der Waals surface area contributed by atoms with Crippen molar-refractivity contribution in [2.24, 2.45) is 0 Å². The molecule has 1 aliphatic rings. The van der Waals surface area contributed by atoms with Crippen LogP contribution in [0.2, 0.25) is 0 Å². The first-order valence-corrected chi connectivity index (χ1v) is 21.0. The number of furan rings is 1. The highest BCUT2D eigenvalue weighted by Gasteiger charge is 2.48. The maximum absolute atomic E-state index is 6.61. The minimum Gasteiger partial charge on any atom is -0.456 e. The predicted octanol–water partition coefficient (Wildman–Crippen LogP) is 15.9. The molecule has 1 heterocycles. The summed E-state index contributed by atoms with van der Waals surface area (Å²) in [6.07, 6.45) is 0. The van der Waals surface area contributed by atoms with Crippen molar-refractivity contribution in [3.63, 3.8) is 0 Å². The van der Waals surface area contributed by atoms with Crippen LogP contribution in [0.4, 0.5) is 17.1 Å². The van der Waals surface area contributed by atoms with E-state index in [1.54, 1.807) is 0 Å². The van der Waals surface area contributed by atoms with Gasteiger partial charge in [0.25, 0.3) is 0 Å². The van der Waals surface area contributed by atoms with E-state index in [2.05, 4.69) is 235 Å². The quantitative estimate of drug-likeness (QED) is 0.160. The summed E-state index contributed by atoms with van der Waals surface area (Å²) in [6, 6.07) is 86.1. The fourth-order valence-electron chi connectivity index (χ4n) is 10.1. The van der Waals surface area contributed by atoms with Crippen LogP contribution >= 0.6 is 0 Å². The summed E-state index contributed by atoms with van der Waals surface area (Å²) in [5.41, 5.74) is 16.7. The summed E-state index contributed by atoms with van der Waals surface area (Å²) in [6.45, 7) is 0. The Balaban J connectivity index is 1.17. The van der Waals surface area contributed by atoms with Gasteiger partial charge < -0.3 is 9.32 Å². The maximum Gasteiger partial charge on any atom is 0.137 e. The van der Waals surface area contributed by atoms with Gasteiger partial charge in [0, 0.05) is 39.2 Å². The molecule has 0 amide bonds. The zero-order valence-electron chi connectivity index (χ0n) is 33.4. The van der Waals surface area contributed by atoms with E-state index >= 15 is 0 Å². The van der Waals surface area contributed by atoms with Crippen molar-refractivity contribution in [3.05, 3.63) is 259 Å². The van der Waals surface area contributed by atoms with Crippen molar-refractivity contribution in [1.82, 2.24) is 0 Å². The van der Waals surface area contributed by atoms with Crippen molar-refractivity contribution in [1.29, 1.82) is 0 Å². The zero-order chi connectivity index (χ0) is 40.3. The molecule has 0 radical (unpaired) electrons. The number of benzene rings is 10. The summed E-state index contributed by atoms with van der Waals surface area (Å²) in [5, 5.41) is 4.58. The Kier molecular flexibility index (Phi) is 8.11. The van der Waals surface area contributed by atoms with Crippen LogP contribution in [0.1, 0.15) is 22.3 Å². The second-order valence-corrected chi connectivity index (χ2v) is 16.0. The van der Waals surface area contributed by atoms with Crippen molar-refractivity contribution in [3.8, 4) is 33.4 Å². The Hall–Kier alpha value is -7.94. The van der Waals surface area contributed by atoms with Gasteiger partial charge in [0.15, 0.2) is 0 Å². The summed E-state index contributed by atoms with van der Waals surface area (Å²) in [4.78, 5) is 2.48. The van der Waals surface area contributed by atoms with Crippen molar-refractivity contribution < 1.29 is 4.42 Å². The van der Waals surface area contributed by atoms with Crippen LogP contribution in [0.3, 0.4) is 0 Å². The molecule has 2 heteroatoms. The molecule has 11 aromatic rings. The van der Waals surface area contributed by atoms with E-state index in [0.717, 1.165) is 44.6 Å². The molecule has 10 aromatic carbocycles. The Bertz CT molecular complexity index is 3360. The average Bonchev–Trinajstić information content (AvgIpc) is 3.86. The average molecular weight is 778 g/mol. The van der Waals surface area contributed by atoms with Crippen LogP contribution < -0.4 is 4.90 Å². The second kappa shape index (κ2) is 14.1. The number of anilines is 3. The van der Waals surface area contributed by atoms with E-state index in [0.29, 0.717) is 0 Å². The molecule has 0 atom stereocenters. The molecule has 286 valence electrons. The fourth-order valence-corrected chi connectivity index (χ4v) is 10.1. The molecule has 2 nitrogen and oxygen atoms in total. The van der Waals surface area contributed by atoms with Gasteiger partial charge in [0.1, 0.15) is 11.2 Å². The van der Waals surface area contributed by atoms with Crippen LogP contribution in [0.5, 0.6) is 0 Å². The largest absolute Gasteiger partial charge is 0.456 e. The second-order valence-electron chi connectivity index (χ2n) is 16.0. The van der Waals surface area contributed by atoms with Gasteiger partial charge in [-0.15, -0.1) is 0 Å². The van der Waals surface area contributed by atoms with Crippen LogP contribution in [-0.4, -0.2) is 0 Å². The SMILES string of the molecule is c1ccc(-c2ccccc2-c2ccc(N(c3ccc4c(c3)oc3ccccc34)c3c4c(cc5ccccc35)C(c3ccccc3)(c3ccccc3)c3ccccc3-4)cc2)cc1. The highest BCUT2D eigenvalue weighted by molar-refractivity contribution is 6.12. The van der Waals surface area contributed by atoms with Gasteiger partial charge in [-0.2, -0.15) is 0 Å². The van der Waals surface area contributed by atoms with Gasteiger partial charge in [-0.1, -0.05) is 194 Å². The lowest BCUT2D eigenvalue weighted by atomic mass is 9.67. The normalized spacial score (nSPS) is 12.7. The summed E-state index contributed by atoms with van der Waals surface area (Å²) in [7, 11) is 0. The minimum absolute atomic E-state index is 0.563. The van der Waals surface area contributed by atoms with E-state index in [-0.39, 0.29) is 0 Å². The fraction of sp³-hybridized carbons (Fsp3) is 0.0169. The van der Waals surface area contributed by atoms with E-state index in [4.69, 9.17) is 4.42 Å². The molecule has 1 aromatic heterocycles. The third-order valence-corrected chi connectivity index (χ3v) is 12.7. The molecule has 0 saturated carbocycles. The summed E-state index contributed by atoms with van der Waals surface area (Å²) < 4.78 is 6.61. The molecule has 0 fully saturated rings. The molecular formula is C59H39NO. The van der Waals surface area contributed by atoms with Gasteiger partial charge in [-0.25, -0.2) is 0 Å². The van der Waals surface area contributed by atoms with Crippen LogP contribution in [0.25, 0.3) is 66.1 Å². The van der Waals surface area contributed by atoms with Gasteiger partial charge in [-0.05, 0) is 91.9 Å². The minimum atomic E-state index is -0.563. The smallest absolute Gasteiger partial charge is 0.137 e. The van der Waals surface area contributed by atoms with Gasteiger partial charge >= 0.3 is 0 Å². The molecule has 0 bridgehead atoms. The number of hydrogen-bond donors (Lipinski definition) is 0. The highest BCUT2D eigenvalue weighted by Crippen LogP contribution is 2.61. The van der Waals surface area contributed by atoms with Crippen LogP contribution in [0, 0.1) is 0 Å². The monoisotopic (exact) mass is 777 g/mol. The lowest BCUT2D eigenvalue weighted by molar-refractivity contribution is 0.669. The van der Waals surface area contributed by atoms with Crippen LogP contribution in [-0.2, 0) is 5.41 Å². The molecule has 1 aliphatic carbocycles. The Morgan fingerprint density at radius 3 is 1.57 bits per heavy atom. The van der Waals surface area contributed by atoms with E-state index < -0.39 is 5.41 Å². The van der Waals surface area contributed by atoms with Crippen molar-refractivity contribution in [2.45, 2.75) is 5.41 Å². The molecule has 0 spiro atoms. The number of fused-ring (bicyclic) bond motifs is 7. The van der Waals surface area contributed by atoms with Gasteiger partial charge in [0.2, 0.25) is 0 Å². The van der Waals surface area contributed by atoms with Gasteiger partial charge in [0.05, 0.1) is 11.1 Å². The first-order chi connectivity index (χ1) is 30.3. The molecule has 0 unspecified atom stereocenters. The Morgan fingerprint density at radius 2 is 0.869 bits per heavy atom. The van der Waals surface area contributed by atoms with E-state index in [9.17, 15) is 0 Å². The third kappa shape index (κ3) is 5.43. The predicted molar refractivity (Wildman–Crippen MR) is 254 cm³/mol. The number of nitrogens with zero attached hydrogens (tertiary/aromatic N) is 1. The van der Waals surface area contributed by atoms with E-state index in [1.165, 1.54) is 60.8 Å². The molecule has 0 N–H and O–H groups in total. The Labute approximate surface area is 355 Å². The Morgan fingerprint density at radius 1 is 0.344 bits per heavy atom. The number of hydrogen-bond acceptors (Lipinski definition) is 2. The summed E-state index contributed by atoms with van der Waals surface area (Å²) >= 11 is 0. The standard InChI is InChI=1S/C59H39NO/c1-4-18-40(19-5-1)47-25-12-13-26-48(47)41-32-34-45(35-33-41)60(46-36-37-51-50-28-15-17-31-55(50)61-56(51)39-46)58-49-27-11-10-20-42(49)38-54-57(58)52-29-14-16-30-53(52)59(54,43-21-6-2-7-22-43)44-23-8-3-9-24-44/h1-39H. The molecule has 0 aliphatic heterocycles. The molecular weight excluding hydrogens is 739 g/mol.